The van der Waals surface area contributed by atoms with Gasteiger partial charge in [0.25, 0.3) is 0 Å². The van der Waals surface area contributed by atoms with Gasteiger partial charge in [0, 0.05) is 6.54 Å². The molecule has 0 amide bonds. The summed E-state index contributed by atoms with van der Waals surface area (Å²) >= 11 is 0. The molecule has 0 saturated heterocycles. The van der Waals surface area contributed by atoms with Crippen molar-refractivity contribution in [1.29, 1.82) is 0 Å². The van der Waals surface area contributed by atoms with Gasteiger partial charge in [0.1, 0.15) is 5.75 Å². The minimum absolute atomic E-state index is 0.223. The van der Waals surface area contributed by atoms with Gasteiger partial charge in [-0.3, -0.25) is 0 Å². The summed E-state index contributed by atoms with van der Waals surface area (Å²) in [6.07, 6.45) is 1.85. The van der Waals surface area contributed by atoms with Gasteiger partial charge in [-0.05, 0) is 24.5 Å². The Morgan fingerprint density at radius 2 is 1.81 bits per heavy atom. The number of aryl methyl sites for hydroxylation is 1. The summed E-state index contributed by atoms with van der Waals surface area (Å²) in [5.41, 5.74) is 1.10. The molecule has 2 rings (SSSR count). The van der Waals surface area contributed by atoms with Crippen LogP contribution in [0.4, 0.5) is 5.95 Å². The van der Waals surface area contributed by atoms with E-state index in [1.165, 1.54) is 7.11 Å². The highest BCUT2D eigenvalue weighted by molar-refractivity contribution is 5.36. The van der Waals surface area contributed by atoms with Crippen LogP contribution < -0.4 is 14.8 Å². The second-order valence-corrected chi connectivity index (χ2v) is 4.42. The zero-order chi connectivity index (χ0) is 15.1. The summed E-state index contributed by atoms with van der Waals surface area (Å²) in [5, 5.41) is 3.10. The van der Waals surface area contributed by atoms with Gasteiger partial charge in [0.05, 0.1) is 7.11 Å². The molecule has 21 heavy (non-hydrogen) atoms. The Labute approximate surface area is 124 Å². The Kier molecular flexibility index (Phi) is 5.31. The average molecular weight is 288 g/mol. The molecule has 1 aromatic heterocycles. The highest BCUT2D eigenvalue weighted by atomic mass is 16.5. The van der Waals surface area contributed by atoms with E-state index in [2.05, 4.69) is 34.1 Å². The summed E-state index contributed by atoms with van der Waals surface area (Å²) < 4.78 is 10.9. The first-order chi connectivity index (χ1) is 10.3. The third-order valence-electron chi connectivity index (χ3n) is 2.86. The molecule has 1 heterocycles. The number of rotatable bonds is 7. The number of nitrogens with zero attached hydrogens (tertiary/aromatic N) is 3. The number of methoxy groups -OCH3 is 1. The van der Waals surface area contributed by atoms with Crippen LogP contribution in [0.25, 0.3) is 0 Å². The SMILES string of the molecule is CCCNc1nc(OC)nc(Oc2ccccc2CC)n1. The van der Waals surface area contributed by atoms with Crippen LogP contribution in [0.3, 0.4) is 0 Å². The van der Waals surface area contributed by atoms with Crippen molar-refractivity contribution in [3.05, 3.63) is 29.8 Å². The van der Waals surface area contributed by atoms with Crippen LogP contribution in [0.5, 0.6) is 17.8 Å². The van der Waals surface area contributed by atoms with Crippen molar-refractivity contribution in [3.8, 4) is 17.8 Å². The van der Waals surface area contributed by atoms with Crippen LogP contribution in [-0.4, -0.2) is 28.6 Å². The quantitative estimate of drug-likeness (QED) is 0.844. The van der Waals surface area contributed by atoms with E-state index >= 15 is 0 Å². The van der Waals surface area contributed by atoms with Crippen molar-refractivity contribution in [3.63, 3.8) is 0 Å². The van der Waals surface area contributed by atoms with Crippen LogP contribution in [-0.2, 0) is 6.42 Å². The van der Waals surface area contributed by atoms with Crippen LogP contribution in [0.1, 0.15) is 25.8 Å². The van der Waals surface area contributed by atoms with E-state index in [9.17, 15) is 0 Å². The van der Waals surface area contributed by atoms with E-state index in [1.54, 1.807) is 0 Å². The molecule has 1 aromatic carbocycles. The molecule has 0 aliphatic heterocycles. The summed E-state index contributed by atoms with van der Waals surface area (Å²) in [7, 11) is 1.52. The fourth-order valence-corrected chi connectivity index (χ4v) is 1.78. The van der Waals surface area contributed by atoms with Gasteiger partial charge in [-0.2, -0.15) is 9.97 Å². The van der Waals surface area contributed by atoms with E-state index < -0.39 is 0 Å². The maximum atomic E-state index is 5.78. The predicted octanol–water partition coefficient (Wildman–Crippen LogP) is 3.06. The Balaban J connectivity index is 2.25. The van der Waals surface area contributed by atoms with Crippen molar-refractivity contribution < 1.29 is 9.47 Å². The Bertz CT molecular complexity index is 590. The first-order valence-electron chi connectivity index (χ1n) is 7.06. The molecule has 0 saturated carbocycles. The fraction of sp³-hybridized carbons (Fsp3) is 0.400. The lowest BCUT2D eigenvalue weighted by molar-refractivity contribution is 0.359. The molecular formula is C15H20N4O2. The molecule has 1 N–H and O–H groups in total. The Morgan fingerprint density at radius 1 is 1.05 bits per heavy atom. The third-order valence-corrected chi connectivity index (χ3v) is 2.86. The summed E-state index contributed by atoms with van der Waals surface area (Å²) in [6.45, 7) is 4.92. The monoisotopic (exact) mass is 288 g/mol. The van der Waals surface area contributed by atoms with Gasteiger partial charge in [-0.1, -0.05) is 32.0 Å². The van der Waals surface area contributed by atoms with Gasteiger partial charge >= 0.3 is 12.0 Å². The molecule has 2 aromatic rings. The van der Waals surface area contributed by atoms with Gasteiger partial charge in [0.2, 0.25) is 5.95 Å². The molecule has 6 nitrogen and oxygen atoms in total. The minimum Gasteiger partial charge on any atom is -0.467 e. The fourth-order valence-electron chi connectivity index (χ4n) is 1.78. The lowest BCUT2D eigenvalue weighted by atomic mass is 10.1. The van der Waals surface area contributed by atoms with E-state index in [1.807, 2.05) is 24.3 Å². The molecule has 6 heteroatoms. The number of para-hydroxylation sites is 1. The number of aromatic nitrogens is 3. The van der Waals surface area contributed by atoms with E-state index in [-0.39, 0.29) is 12.0 Å². The second-order valence-electron chi connectivity index (χ2n) is 4.42. The van der Waals surface area contributed by atoms with Crippen LogP contribution >= 0.6 is 0 Å². The molecule has 0 bridgehead atoms. The number of anilines is 1. The van der Waals surface area contributed by atoms with Crippen molar-refractivity contribution in [2.45, 2.75) is 26.7 Å². The molecule has 0 spiro atoms. The number of benzene rings is 1. The van der Waals surface area contributed by atoms with Crippen molar-refractivity contribution >= 4 is 5.95 Å². The molecule has 0 aliphatic rings. The Hall–Kier alpha value is -2.37. The summed E-state index contributed by atoms with van der Waals surface area (Å²) in [6, 6.07) is 8.27. The predicted molar refractivity (Wildman–Crippen MR) is 81.1 cm³/mol. The van der Waals surface area contributed by atoms with Gasteiger partial charge in [-0.25, -0.2) is 0 Å². The van der Waals surface area contributed by atoms with E-state index in [0.29, 0.717) is 5.95 Å². The lowest BCUT2D eigenvalue weighted by Crippen LogP contribution is -2.07. The first kappa shape index (κ1) is 15.0. The first-order valence-corrected chi connectivity index (χ1v) is 7.06. The number of hydrogen-bond acceptors (Lipinski definition) is 6. The summed E-state index contributed by atoms with van der Waals surface area (Å²) in [5.74, 6) is 1.20. The third kappa shape index (κ3) is 4.05. The largest absolute Gasteiger partial charge is 0.467 e. The topological polar surface area (TPSA) is 69.2 Å². The highest BCUT2D eigenvalue weighted by Crippen LogP contribution is 2.24. The smallest absolute Gasteiger partial charge is 0.330 e. The number of hydrogen-bond donors (Lipinski definition) is 1. The zero-order valence-corrected chi connectivity index (χ0v) is 12.6. The van der Waals surface area contributed by atoms with Crippen molar-refractivity contribution in [2.24, 2.45) is 0 Å². The maximum absolute atomic E-state index is 5.78. The van der Waals surface area contributed by atoms with Crippen LogP contribution in [0.2, 0.25) is 0 Å². The summed E-state index contributed by atoms with van der Waals surface area (Å²) in [4.78, 5) is 12.5. The number of nitrogens with one attached hydrogen (secondary N) is 1. The van der Waals surface area contributed by atoms with Crippen molar-refractivity contribution in [1.82, 2.24) is 15.0 Å². The second kappa shape index (κ2) is 7.42. The maximum Gasteiger partial charge on any atom is 0.330 e. The Morgan fingerprint density at radius 3 is 2.52 bits per heavy atom. The van der Waals surface area contributed by atoms with Gasteiger partial charge in [0.15, 0.2) is 0 Å². The molecule has 112 valence electrons. The highest BCUT2D eigenvalue weighted by Gasteiger charge is 2.10. The molecule has 0 radical (unpaired) electrons. The lowest BCUT2D eigenvalue weighted by Gasteiger charge is -2.10. The van der Waals surface area contributed by atoms with Crippen LogP contribution in [0, 0.1) is 0 Å². The molecule has 0 fully saturated rings. The standard InChI is InChI=1S/C15H20N4O2/c1-4-10-16-13-17-14(20-3)19-15(18-13)21-12-9-7-6-8-11(12)5-2/h6-9H,4-5,10H2,1-3H3,(H,16,17,18,19). The van der Waals surface area contributed by atoms with Gasteiger partial charge in [-0.15, -0.1) is 4.98 Å². The average Bonchev–Trinajstić information content (AvgIpc) is 2.53. The van der Waals surface area contributed by atoms with Gasteiger partial charge < -0.3 is 14.8 Å². The van der Waals surface area contributed by atoms with Crippen LogP contribution in [0.15, 0.2) is 24.3 Å². The molecule has 0 unspecified atom stereocenters. The minimum atomic E-state index is 0.223. The van der Waals surface area contributed by atoms with E-state index in [0.717, 1.165) is 30.7 Å². The number of ether oxygens (including phenoxy) is 2. The zero-order valence-electron chi connectivity index (χ0n) is 12.6. The molecule has 0 atom stereocenters. The van der Waals surface area contributed by atoms with Crippen molar-refractivity contribution in [2.75, 3.05) is 19.0 Å². The molecule has 0 aliphatic carbocycles. The van der Waals surface area contributed by atoms with E-state index in [4.69, 9.17) is 9.47 Å². The molecular weight excluding hydrogens is 268 g/mol. The normalized spacial score (nSPS) is 10.2.